The fourth-order valence-electron chi connectivity index (χ4n) is 4.49. The summed E-state index contributed by atoms with van der Waals surface area (Å²) in [5.74, 6) is 1.86. The molecule has 1 amide bonds. The van der Waals surface area contributed by atoms with Crippen LogP contribution in [-0.2, 0) is 0 Å². The number of aromatic nitrogens is 3. The first-order valence-electron chi connectivity index (χ1n) is 10.4. The molecule has 9 heteroatoms. The summed E-state index contributed by atoms with van der Waals surface area (Å²) in [4.78, 5) is 24.0. The molecule has 4 heterocycles. The Balaban J connectivity index is 1.36. The number of carbonyl (C=O) groups is 1. The summed E-state index contributed by atoms with van der Waals surface area (Å²) < 4.78 is 27.1. The van der Waals surface area contributed by atoms with E-state index < -0.39 is 0 Å². The second-order valence-electron chi connectivity index (χ2n) is 7.90. The molecule has 0 unspecified atom stereocenters. The molecule has 2 aliphatic heterocycles. The second kappa shape index (κ2) is 7.59. The van der Waals surface area contributed by atoms with Crippen LogP contribution in [0.2, 0.25) is 0 Å². The van der Waals surface area contributed by atoms with Gasteiger partial charge in [0, 0.05) is 30.8 Å². The minimum Gasteiger partial charge on any atom is -0.454 e. The molecule has 0 radical (unpaired) electrons. The Kier molecular flexibility index (Phi) is 4.57. The molecule has 2 aromatic carbocycles. The Bertz CT molecular complexity index is 1310. The third-order valence-electron chi connectivity index (χ3n) is 6.04. The predicted molar refractivity (Wildman–Crippen MR) is 118 cm³/mol. The van der Waals surface area contributed by atoms with Gasteiger partial charge in [-0.05, 0) is 43.2 Å². The van der Waals surface area contributed by atoms with E-state index in [9.17, 15) is 9.18 Å². The summed E-state index contributed by atoms with van der Waals surface area (Å²) in [5.41, 5.74) is 4.05. The van der Waals surface area contributed by atoms with Crippen LogP contribution in [0.25, 0.3) is 22.4 Å². The van der Waals surface area contributed by atoms with Gasteiger partial charge >= 0.3 is 0 Å². The lowest BCUT2D eigenvalue weighted by atomic mass is 10.0. The van der Waals surface area contributed by atoms with Crippen LogP contribution in [0.15, 0.2) is 48.1 Å². The molecular weight excluding hydrogens is 431 g/mol. The molecule has 0 atom stereocenters. The average molecular weight is 450 g/mol. The SMILES string of the molecule is O=C(c1cncs1)N1CCC(n2c(-c3ccc4c(c3)OCO4)nc3cc(F)ccc32)CC1. The Morgan fingerprint density at radius 3 is 2.75 bits per heavy atom. The van der Waals surface area contributed by atoms with Crippen molar-refractivity contribution in [1.29, 1.82) is 0 Å². The van der Waals surface area contributed by atoms with Crippen molar-refractivity contribution in [2.24, 2.45) is 0 Å². The number of rotatable bonds is 3. The van der Waals surface area contributed by atoms with Crippen LogP contribution in [0.1, 0.15) is 28.6 Å². The van der Waals surface area contributed by atoms with Crippen LogP contribution in [0, 0.1) is 5.82 Å². The maximum Gasteiger partial charge on any atom is 0.265 e. The molecule has 0 bridgehead atoms. The number of amides is 1. The first-order valence-corrected chi connectivity index (χ1v) is 11.3. The fourth-order valence-corrected chi connectivity index (χ4v) is 5.07. The number of likely N-dealkylation sites (tertiary alicyclic amines) is 1. The van der Waals surface area contributed by atoms with Crippen LogP contribution in [0.5, 0.6) is 11.5 Å². The molecule has 32 heavy (non-hydrogen) atoms. The van der Waals surface area contributed by atoms with Crippen LogP contribution >= 0.6 is 11.3 Å². The molecule has 0 saturated carbocycles. The Labute approximate surface area is 187 Å². The van der Waals surface area contributed by atoms with Crippen molar-refractivity contribution in [1.82, 2.24) is 19.4 Å². The molecule has 6 rings (SSSR count). The average Bonchev–Trinajstić information content (AvgIpc) is 3.57. The largest absolute Gasteiger partial charge is 0.454 e. The predicted octanol–water partition coefficient (Wildman–Crippen LogP) is 4.50. The van der Waals surface area contributed by atoms with Crippen LogP contribution in [-0.4, -0.2) is 45.2 Å². The number of imidazole rings is 1. The molecule has 0 N–H and O–H groups in total. The van der Waals surface area contributed by atoms with Gasteiger partial charge in [0.1, 0.15) is 16.5 Å². The number of benzene rings is 2. The lowest BCUT2D eigenvalue weighted by Crippen LogP contribution is -2.38. The Hall–Kier alpha value is -3.46. The molecule has 0 spiro atoms. The molecule has 2 aliphatic rings. The number of carbonyl (C=O) groups excluding carboxylic acids is 1. The summed E-state index contributed by atoms with van der Waals surface area (Å²) >= 11 is 1.36. The Morgan fingerprint density at radius 1 is 1.09 bits per heavy atom. The highest BCUT2D eigenvalue weighted by Gasteiger charge is 2.29. The van der Waals surface area contributed by atoms with Crippen molar-refractivity contribution >= 4 is 28.3 Å². The molecule has 2 aromatic heterocycles. The number of fused-ring (bicyclic) bond motifs is 2. The number of thiazole rings is 1. The summed E-state index contributed by atoms with van der Waals surface area (Å²) in [6.07, 6.45) is 3.19. The number of piperidine rings is 1. The van der Waals surface area contributed by atoms with Gasteiger partial charge in [0.2, 0.25) is 6.79 Å². The van der Waals surface area contributed by atoms with E-state index in [4.69, 9.17) is 14.5 Å². The highest BCUT2D eigenvalue weighted by molar-refractivity contribution is 7.11. The third-order valence-corrected chi connectivity index (χ3v) is 6.80. The maximum absolute atomic E-state index is 13.9. The standard InChI is InChI=1S/C23H19FN4O3S/c24-15-2-3-18-17(10-15)26-22(14-1-4-19-20(9-14)31-13-30-19)28(18)16-5-7-27(8-6-16)23(29)21-11-25-12-32-21/h1-4,9-12,16H,5-8,13H2. The fraction of sp³-hybridized carbons (Fsp3) is 0.261. The maximum atomic E-state index is 13.9. The van der Waals surface area contributed by atoms with Gasteiger partial charge in [-0.15, -0.1) is 11.3 Å². The van der Waals surface area contributed by atoms with E-state index in [1.165, 1.54) is 23.5 Å². The quantitative estimate of drug-likeness (QED) is 0.460. The van der Waals surface area contributed by atoms with Crippen molar-refractivity contribution in [3.63, 3.8) is 0 Å². The molecular formula is C23H19FN4O3S. The van der Waals surface area contributed by atoms with E-state index in [0.717, 1.165) is 29.7 Å². The van der Waals surface area contributed by atoms with Crippen LogP contribution in [0.4, 0.5) is 4.39 Å². The van der Waals surface area contributed by atoms with E-state index in [1.54, 1.807) is 17.8 Å². The number of hydrogen-bond donors (Lipinski definition) is 0. The van der Waals surface area contributed by atoms with Gasteiger partial charge in [-0.1, -0.05) is 0 Å². The lowest BCUT2D eigenvalue weighted by molar-refractivity contribution is 0.0701. The van der Waals surface area contributed by atoms with E-state index >= 15 is 0 Å². The normalized spacial score (nSPS) is 16.1. The summed E-state index contributed by atoms with van der Waals surface area (Å²) in [7, 11) is 0. The number of hydrogen-bond acceptors (Lipinski definition) is 6. The van der Waals surface area contributed by atoms with E-state index in [2.05, 4.69) is 9.55 Å². The van der Waals surface area contributed by atoms with Crippen LogP contribution < -0.4 is 9.47 Å². The van der Waals surface area contributed by atoms with Gasteiger partial charge in [0.15, 0.2) is 11.5 Å². The minimum atomic E-state index is -0.315. The van der Waals surface area contributed by atoms with E-state index in [1.807, 2.05) is 23.1 Å². The van der Waals surface area contributed by atoms with Gasteiger partial charge in [0.25, 0.3) is 5.91 Å². The molecule has 1 fully saturated rings. The third kappa shape index (κ3) is 3.20. The van der Waals surface area contributed by atoms with Crippen molar-refractivity contribution in [3.8, 4) is 22.9 Å². The molecule has 0 aliphatic carbocycles. The first-order chi connectivity index (χ1) is 15.7. The van der Waals surface area contributed by atoms with Crippen molar-refractivity contribution in [3.05, 3.63) is 58.8 Å². The van der Waals surface area contributed by atoms with E-state index in [-0.39, 0.29) is 24.6 Å². The summed E-state index contributed by atoms with van der Waals surface area (Å²) in [5, 5.41) is 0. The zero-order valence-electron chi connectivity index (χ0n) is 17.0. The number of halogens is 1. The highest BCUT2D eigenvalue weighted by Crippen LogP contribution is 2.39. The van der Waals surface area contributed by atoms with Gasteiger partial charge < -0.3 is 18.9 Å². The van der Waals surface area contributed by atoms with Gasteiger partial charge in [-0.2, -0.15) is 0 Å². The van der Waals surface area contributed by atoms with Gasteiger partial charge in [-0.3, -0.25) is 9.78 Å². The topological polar surface area (TPSA) is 69.5 Å². The monoisotopic (exact) mass is 450 g/mol. The van der Waals surface area contributed by atoms with Gasteiger partial charge in [0.05, 0.1) is 22.7 Å². The smallest absolute Gasteiger partial charge is 0.265 e. The summed E-state index contributed by atoms with van der Waals surface area (Å²) in [6, 6.07) is 10.6. The van der Waals surface area contributed by atoms with Gasteiger partial charge in [-0.25, -0.2) is 9.37 Å². The first kappa shape index (κ1) is 19.2. The molecule has 1 saturated heterocycles. The zero-order valence-corrected chi connectivity index (χ0v) is 17.8. The minimum absolute atomic E-state index is 0.0273. The van der Waals surface area contributed by atoms with Crippen LogP contribution in [0.3, 0.4) is 0 Å². The number of ether oxygens (including phenoxy) is 2. The zero-order chi connectivity index (χ0) is 21.7. The molecule has 4 aromatic rings. The lowest BCUT2D eigenvalue weighted by Gasteiger charge is -2.33. The van der Waals surface area contributed by atoms with Crippen molar-refractivity contribution in [2.75, 3.05) is 19.9 Å². The van der Waals surface area contributed by atoms with Crippen molar-refractivity contribution < 1.29 is 18.7 Å². The molecule has 162 valence electrons. The number of nitrogens with zero attached hydrogens (tertiary/aromatic N) is 4. The summed E-state index contributed by atoms with van der Waals surface area (Å²) in [6.45, 7) is 1.48. The Morgan fingerprint density at radius 2 is 1.94 bits per heavy atom. The molecule has 7 nitrogen and oxygen atoms in total. The van der Waals surface area contributed by atoms with Crippen molar-refractivity contribution in [2.45, 2.75) is 18.9 Å². The van der Waals surface area contributed by atoms with E-state index in [0.29, 0.717) is 35.0 Å². The highest BCUT2D eigenvalue weighted by atomic mass is 32.1. The second-order valence-corrected chi connectivity index (χ2v) is 8.78.